The molecule has 94 valence electrons. The number of amides is 1. The summed E-state index contributed by atoms with van der Waals surface area (Å²) in [7, 11) is 0. The number of hydrogen-bond acceptors (Lipinski definition) is 2. The Hall–Kier alpha value is -0.0900. The highest BCUT2D eigenvalue weighted by atomic mass is 79.9. The molecule has 1 atom stereocenters. The number of carbonyl (C=O) groups is 1. The molecule has 1 aliphatic heterocycles. The highest BCUT2D eigenvalue weighted by molar-refractivity contribution is 9.10. The lowest BCUT2D eigenvalue weighted by atomic mass is 10.1. The van der Waals surface area contributed by atoms with Crippen LogP contribution in [-0.2, 0) is 4.79 Å². The summed E-state index contributed by atoms with van der Waals surface area (Å²) < 4.78 is -0.450. The molecule has 0 aromatic rings. The van der Waals surface area contributed by atoms with Gasteiger partial charge in [0.1, 0.15) is 0 Å². The van der Waals surface area contributed by atoms with Crippen molar-refractivity contribution in [1.29, 1.82) is 0 Å². The second-order valence-electron chi connectivity index (χ2n) is 5.14. The van der Waals surface area contributed by atoms with Crippen molar-refractivity contribution in [2.24, 2.45) is 5.92 Å². The number of halogens is 1. The summed E-state index contributed by atoms with van der Waals surface area (Å²) in [4.78, 5) is 14.1. The van der Waals surface area contributed by atoms with Gasteiger partial charge in [-0.2, -0.15) is 0 Å². The minimum Gasteiger partial charge on any atom is -0.355 e. The van der Waals surface area contributed by atoms with Crippen molar-refractivity contribution in [3.63, 3.8) is 0 Å². The van der Waals surface area contributed by atoms with E-state index in [0.29, 0.717) is 5.92 Å². The first kappa shape index (κ1) is 14.0. The quantitative estimate of drug-likeness (QED) is 0.786. The molecule has 0 aromatic carbocycles. The number of alkyl halides is 1. The summed E-state index contributed by atoms with van der Waals surface area (Å²) in [5, 5.41) is 3.01. The lowest BCUT2D eigenvalue weighted by molar-refractivity contribution is -0.122. The Morgan fingerprint density at radius 3 is 2.81 bits per heavy atom. The number of likely N-dealkylation sites (tertiary alicyclic amines) is 1. The lowest BCUT2D eigenvalue weighted by Crippen LogP contribution is -2.40. The summed E-state index contributed by atoms with van der Waals surface area (Å²) in [6.07, 6.45) is 2.43. The van der Waals surface area contributed by atoms with Gasteiger partial charge in [0.25, 0.3) is 0 Å². The van der Waals surface area contributed by atoms with E-state index in [1.54, 1.807) is 0 Å². The molecule has 0 saturated carbocycles. The second-order valence-corrected chi connectivity index (χ2v) is 7.12. The molecule has 1 fully saturated rings. The first-order chi connectivity index (χ1) is 7.43. The van der Waals surface area contributed by atoms with Crippen molar-refractivity contribution >= 4 is 21.8 Å². The maximum atomic E-state index is 11.7. The minimum atomic E-state index is -0.450. The fourth-order valence-corrected chi connectivity index (χ4v) is 2.19. The third-order valence-corrected chi connectivity index (χ3v) is 3.36. The van der Waals surface area contributed by atoms with E-state index >= 15 is 0 Å². The van der Waals surface area contributed by atoms with E-state index in [4.69, 9.17) is 0 Å². The third kappa shape index (κ3) is 4.42. The van der Waals surface area contributed by atoms with E-state index in [-0.39, 0.29) is 5.91 Å². The number of nitrogens with zero attached hydrogens (tertiary/aromatic N) is 1. The van der Waals surface area contributed by atoms with Crippen LogP contribution >= 0.6 is 15.9 Å². The molecule has 1 heterocycles. The molecule has 1 rings (SSSR count). The summed E-state index contributed by atoms with van der Waals surface area (Å²) in [6, 6.07) is 0. The number of carbonyl (C=O) groups excluding carboxylic acids is 1. The normalized spacial score (nSPS) is 22.4. The second kappa shape index (κ2) is 6.01. The van der Waals surface area contributed by atoms with E-state index in [1.165, 1.54) is 25.9 Å². The fraction of sp³-hybridized carbons (Fsp3) is 0.917. The molecule has 16 heavy (non-hydrogen) atoms. The standard InChI is InChI=1S/C12H23BrN2O/c1-4-6-15-7-5-10(9-15)8-14-11(16)12(2,3)13/h10H,4-9H2,1-3H3,(H,14,16). The Morgan fingerprint density at radius 2 is 2.25 bits per heavy atom. The Morgan fingerprint density at radius 1 is 1.56 bits per heavy atom. The molecule has 1 saturated heterocycles. The summed E-state index contributed by atoms with van der Waals surface area (Å²) in [5.74, 6) is 0.715. The molecule has 1 N–H and O–H groups in total. The van der Waals surface area contributed by atoms with Crippen molar-refractivity contribution in [2.45, 2.75) is 37.9 Å². The van der Waals surface area contributed by atoms with Gasteiger partial charge in [-0.3, -0.25) is 4.79 Å². The van der Waals surface area contributed by atoms with Crippen LogP contribution in [0.5, 0.6) is 0 Å². The van der Waals surface area contributed by atoms with Crippen LogP contribution in [0.3, 0.4) is 0 Å². The molecule has 0 aromatic heterocycles. The molecular formula is C12H23BrN2O. The van der Waals surface area contributed by atoms with Gasteiger partial charge in [-0.25, -0.2) is 0 Å². The Kier molecular flexibility index (Phi) is 5.25. The van der Waals surface area contributed by atoms with Crippen molar-refractivity contribution in [1.82, 2.24) is 10.2 Å². The molecule has 1 amide bonds. The first-order valence-electron chi connectivity index (χ1n) is 6.13. The highest BCUT2D eigenvalue weighted by Gasteiger charge is 2.26. The van der Waals surface area contributed by atoms with Crippen LogP contribution in [-0.4, -0.2) is 41.3 Å². The van der Waals surface area contributed by atoms with Gasteiger partial charge in [-0.15, -0.1) is 0 Å². The zero-order valence-electron chi connectivity index (χ0n) is 10.6. The van der Waals surface area contributed by atoms with Crippen molar-refractivity contribution in [3.05, 3.63) is 0 Å². The summed E-state index contributed by atoms with van der Waals surface area (Å²) in [6.45, 7) is 10.3. The van der Waals surface area contributed by atoms with E-state index in [2.05, 4.69) is 33.1 Å². The van der Waals surface area contributed by atoms with Gasteiger partial charge in [0.2, 0.25) is 5.91 Å². The third-order valence-electron chi connectivity index (χ3n) is 3.00. The van der Waals surface area contributed by atoms with Gasteiger partial charge < -0.3 is 10.2 Å². The SMILES string of the molecule is CCCN1CCC(CNC(=O)C(C)(C)Br)C1. The van der Waals surface area contributed by atoms with Crippen molar-refractivity contribution in [3.8, 4) is 0 Å². The highest BCUT2D eigenvalue weighted by Crippen LogP contribution is 2.18. The molecule has 1 aliphatic rings. The van der Waals surface area contributed by atoms with Gasteiger partial charge in [-0.05, 0) is 45.7 Å². The molecule has 0 spiro atoms. The van der Waals surface area contributed by atoms with Crippen molar-refractivity contribution in [2.75, 3.05) is 26.2 Å². The van der Waals surface area contributed by atoms with Crippen LogP contribution < -0.4 is 5.32 Å². The van der Waals surface area contributed by atoms with Crippen LogP contribution in [0.25, 0.3) is 0 Å². The van der Waals surface area contributed by atoms with Gasteiger partial charge >= 0.3 is 0 Å². The maximum Gasteiger partial charge on any atom is 0.236 e. The van der Waals surface area contributed by atoms with E-state index in [0.717, 1.165) is 13.1 Å². The van der Waals surface area contributed by atoms with E-state index < -0.39 is 4.32 Å². The number of rotatable bonds is 5. The zero-order chi connectivity index (χ0) is 12.2. The topological polar surface area (TPSA) is 32.3 Å². The van der Waals surface area contributed by atoms with E-state index in [9.17, 15) is 4.79 Å². The zero-order valence-corrected chi connectivity index (χ0v) is 12.1. The number of nitrogens with one attached hydrogen (secondary N) is 1. The molecule has 3 nitrogen and oxygen atoms in total. The van der Waals surface area contributed by atoms with Crippen LogP contribution in [0.4, 0.5) is 0 Å². The molecule has 0 radical (unpaired) electrons. The van der Waals surface area contributed by atoms with Crippen molar-refractivity contribution < 1.29 is 4.79 Å². The Labute approximate surface area is 107 Å². The average molecular weight is 291 g/mol. The molecule has 0 aliphatic carbocycles. The van der Waals surface area contributed by atoms with Gasteiger partial charge in [0.15, 0.2) is 0 Å². The first-order valence-corrected chi connectivity index (χ1v) is 6.92. The predicted molar refractivity (Wildman–Crippen MR) is 70.9 cm³/mol. The molecule has 0 bridgehead atoms. The van der Waals surface area contributed by atoms with Gasteiger partial charge in [-0.1, -0.05) is 22.9 Å². The molecular weight excluding hydrogens is 268 g/mol. The smallest absolute Gasteiger partial charge is 0.236 e. The molecule has 4 heteroatoms. The van der Waals surface area contributed by atoms with E-state index in [1.807, 2.05) is 13.8 Å². The fourth-order valence-electron chi connectivity index (χ4n) is 2.05. The van der Waals surface area contributed by atoms with Crippen LogP contribution in [0.2, 0.25) is 0 Å². The van der Waals surface area contributed by atoms with Gasteiger partial charge in [0, 0.05) is 13.1 Å². The summed E-state index contributed by atoms with van der Waals surface area (Å²) >= 11 is 3.37. The Balaban J connectivity index is 2.23. The summed E-state index contributed by atoms with van der Waals surface area (Å²) in [5.41, 5.74) is 0. The monoisotopic (exact) mass is 290 g/mol. The van der Waals surface area contributed by atoms with Gasteiger partial charge in [0.05, 0.1) is 4.32 Å². The lowest BCUT2D eigenvalue weighted by Gasteiger charge is -2.18. The average Bonchev–Trinajstić information content (AvgIpc) is 2.61. The van der Waals surface area contributed by atoms with Crippen LogP contribution in [0.15, 0.2) is 0 Å². The largest absolute Gasteiger partial charge is 0.355 e. The minimum absolute atomic E-state index is 0.0847. The molecule has 1 unspecified atom stereocenters. The number of hydrogen-bond donors (Lipinski definition) is 1. The van der Waals surface area contributed by atoms with Crippen LogP contribution in [0, 0.1) is 5.92 Å². The van der Waals surface area contributed by atoms with Crippen LogP contribution in [0.1, 0.15) is 33.6 Å². The Bertz CT molecular complexity index is 238. The maximum absolute atomic E-state index is 11.7. The predicted octanol–water partition coefficient (Wildman–Crippen LogP) is 2.01.